The fourth-order valence-corrected chi connectivity index (χ4v) is 4.30. The molecule has 3 aliphatic rings. The van der Waals surface area contributed by atoms with Gasteiger partial charge in [0.2, 0.25) is 11.8 Å². The number of hydrogen-bond donors (Lipinski definition) is 2. The van der Waals surface area contributed by atoms with Gasteiger partial charge in [-0.2, -0.15) is 0 Å². The molecule has 3 heterocycles. The molecule has 0 saturated carbocycles. The minimum atomic E-state index is -0.0997. The van der Waals surface area contributed by atoms with Crippen LogP contribution in [0.4, 0.5) is 11.4 Å². The first-order valence-electron chi connectivity index (χ1n) is 10.8. The Morgan fingerprint density at radius 3 is 2.34 bits per heavy atom. The summed E-state index contributed by atoms with van der Waals surface area (Å²) in [4.78, 5) is 31.1. The van der Waals surface area contributed by atoms with Crippen LogP contribution in [0.1, 0.15) is 25.7 Å². The van der Waals surface area contributed by atoms with Crippen molar-refractivity contribution < 1.29 is 9.59 Å². The van der Waals surface area contributed by atoms with Gasteiger partial charge in [0.15, 0.2) is 0 Å². The lowest BCUT2D eigenvalue weighted by Crippen LogP contribution is -2.53. The number of carbonyl (C=O) groups is 2. The first-order valence-corrected chi connectivity index (χ1v) is 10.8. The van der Waals surface area contributed by atoms with Crippen LogP contribution >= 0.6 is 0 Å². The first-order chi connectivity index (χ1) is 14.2. The number of benzene rings is 1. The molecule has 0 radical (unpaired) electrons. The number of likely N-dealkylation sites (tertiary alicyclic amines) is 1. The van der Waals surface area contributed by atoms with Crippen molar-refractivity contribution in [2.75, 3.05) is 56.0 Å². The fourth-order valence-electron chi connectivity index (χ4n) is 4.30. The zero-order valence-corrected chi connectivity index (χ0v) is 17.0. The maximum atomic E-state index is 12.5. The van der Waals surface area contributed by atoms with Gasteiger partial charge in [0.1, 0.15) is 0 Å². The summed E-state index contributed by atoms with van der Waals surface area (Å²) in [6.07, 6.45) is 7.95. The smallest absolute Gasteiger partial charge is 0.249 e. The van der Waals surface area contributed by atoms with E-state index in [1.165, 1.54) is 12.8 Å². The van der Waals surface area contributed by atoms with E-state index < -0.39 is 0 Å². The summed E-state index contributed by atoms with van der Waals surface area (Å²) in [7, 11) is 0. The molecular weight excluding hydrogens is 366 g/mol. The third kappa shape index (κ3) is 5.09. The molecule has 156 valence electrons. The van der Waals surface area contributed by atoms with Crippen molar-refractivity contribution in [2.45, 2.75) is 31.7 Å². The summed E-state index contributed by atoms with van der Waals surface area (Å²) in [5.74, 6) is 0.152. The van der Waals surface area contributed by atoms with Crippen molar-refractivity contribution in [3.05, 3.63) is 36.5 Å². The Bertz CT molecular complexity index is 728. The van der Waals surface area contributed by atoms with Gasteiger partial charge in [-0.3, -0.25) is 9.59 Å². The summed E-state index contributed by atoms with van der Waals surface area (Å²) >= 11 is 0. The van der Waals surface area contributed by atoms with Crippen molar-refractivity contribution in [2.24, 2.45) is 0 Å². The number of rotatable bonds is 5. The van der Waals surface area contributed by atoms with E-state index in [2.05, 4.69) is 20.4 Å². The van der Waals surface area contributed by atoms with E-state index in [1.54, 1.807) is 6.08 Å². The molecular formula is C22H31N5O2. The van der Waals surface area contributed by atoms with Crippen molar-refractivity contribution in [1.29, 1.82) is 0 Å². The van der Waals surface area contributed by atoms with Crippen molar-refractivity contribution >= 4 is 23.2 Å². The Kier molecular flexibility index (Phi) is 6.34. The van der Waals surface area contributed by atoms with Gasteiger partial charge < -0.3 is 25.3 Å². The Balaban J connectivity index is 1.25. The molecule has 7 heteroatoms. The Labute approximate surface area is 172 Å². The molecule has 3 saturated heterocycles. The van der Waals surface area contributed by atoms with Gasteiger partial charge in [0.25, 0.3) is 0 Å². The van der Waals surface area contributed by atoms with Gasteiger partial charge in [-0.1, -0.05) is 0 Å². The highest BCUT2D eigenvalue weighted by atomic mass is 16.2. The standard InChI is InChI=1S/C22H31N5O2/c28-21(9-13-25-11-1-2-12-25)24-18-5-7-19(8-6-18)26-14-16-27(17-15-26)22(29)20-4-3-10-23-20/h5-9,13,20,23H,1-4,10-12,14-17H2,(H,24,28). The summed E-state index contributed by atoms with van der Waals surface area (Å²) < 4.78 is 0. The summed E-state index contributed by atoms with van der Waals surface area (Å²) in [6.45, 7) is 6.22. The lowest BCUT2D eigenvalue weighted by molar-refractivity contribution is -0.133. The average Bonchev–Trinajstić information content (AvgIpc) is 3.47. The Morgan fingerprint density at radius 2 is 1.69 bits per heavy atom. The monoisotopic (exact) mass is 397 g/mol. The Hall–Kier alpha value is -2.54. The van der Waals surface area contributed by atoms with Gasteiger partial charge in [-0.15, -0.1) is 0 Å². The first kappa shape index (κ1) is 19.8. The SMILES string of the molecule is O=C(C=CN1CCCC1)Nc1ccc(N2CCN(C(=O)C3CCCN3)CC2)cc1. The molecule has 3 fully saturated rings. The minimum Gasteiger partial charge on any atom is -0.377 e. The number of nitrogens with one attached hydrogen (secondary N) is 2. The lowest BCUT2D eigenvalue weighted by atomic mass is 10.1. The van der Waals surface area contributed by atoms with E-state index in [-0.39, 0.29) is 17.9 Å². The van der Waals surface area contributed by atoms with E-state index in [4.69, 9.17) is 0 Å². The second-order valence-corrected chi connectivity index (χ2v) is 8.06. The maximum Gasteiger partial charge on any atom is 0.249 e. The van der Waals surface area contributed by atoms with Crippen molar-refractivity contribution in [1.82, 2.24) is 15.1 Å². The molecule has 3 aliphatic heterocycles. The molecule has 2 N–H and O–H groups in total. The molecule has 1 atom stereocenters. The summed E-state index contributed by atoms with van der Waals surface area (Å²) in [6, 6.07) is 7.98. The van der Waals surface area contributed by atoms with Crippen molar-refractivity contribution in [3.8, 4) is 0 Å². The average molecular weight is 398 g/mol. The zero-order chi connectivity index (χ0) is 20.1. The molecule has 0 aromatic heterocycles. The number of amides is 2. The number of hydrogen-bond acceptors (Lipinski definition) is 5. The molecule has 0 aliphatic carbocycles. The Morgan fingerprint density at radius 1 is 0.966 bits per heavy atom. The van der Waals surface area contributed by atoms with Crippen LogP contribution in [-0.2, 0) is 9.59 Å². The highest BCUT2D eigenvalue weighted by Gasteiger charge is 2.29. The van der Waals surface area contributed by atoms with E-state index in [1.807, 2.05) is 35.4 Å². The predicted octanol–water partition coefficient (Wildman–Crippen LogP) is 1.64. The third-order valence-corrected chi connectivity index (χ3v) is 6.03. The van der Waals surface area contributed by atoms with Crippen LogP contribution in [0.25, 0.3) is 0 Å². The van der Waals surface area contributed by atoms with Gasteiger partial charge in [0.05, 0.1) is 6.04 Å². The van der Waals surface area contributed by atoms with E-state index >= 15 is 0 Å². The van der Waals surface area contributed by atoms with Crippen LogP contribution in [0, 0.1) is 0 Å². The second kappa shape index (κ2) is 9.31. The number of piperazine rings is 1. The second-order valence-electron chi connectivity index (χ2n) is 8.06. The van der Waals surface area contributed by atoms with E-state index in [0.717, 1.165) is 70.0 Å². The van der Waals surface area contributed by atoms with Crippen LogP contribution in [0.5, 0.6) is 0 Å². The molecule has 0 bridgehead atoms. The molecule has 2 amide bonds. The fraction of sp³-hybridized carbons (Fsp3) is 0.545. The van der Waals surface area contributed by atoms with Crippen LogP contribution in [0.3, 0.4) is 0 Å². The summed E-state index contributed by atoms with van der Waals surface area (Å²) in [5.41, 5.74) is 1.92. The van der Waals surface area contributed by atoms with E-state index in [9.17, 15) is 9.59 Å². The zero-order valence-electron chi connectivity index (χ0n) is 17.0. The van der Waals surface area contributed by atoms with Gasteiger partial charge >= 0.3 is 0 Å². The highest BCUT2D eigenvalue weighted by molar-refractivity contribution is 5.99. The molecule has 1 unspecified atom stereocenters. The largest absolute Gasteiger partial charge is 0.377 e. The molecule has 4 rings (SSSR count). The summed E-state index contributed by atoms with van der Waals surface area (Å²) in [5, 5.41) is 6.21. The normalized spacial score (nSPS) is 22.5. The molecule has 0 spiro atoms. The molecule has 7 nitrogen and oxygen atoms in total. The number of anilines is 2. The molecule has 29 heavy (non-hydrogen) atoms. The molecule has 1 aromatic carbocycles. The third-order valence-electron chi connectivity index (χ3n) is 6.03. The topological polar surface area (TPSA) is 67.9 Å². The minimum absolute atomic E-state index is 0.0176. The lowest BCUT2D eigenvalue weighted by Gasteiger charge is -2.37. The number of carbonyl (C=O) groups excluding carboxylic acids is 2. The highest BCUT2D eigenvalue weighted by Crippen LogP contribution is 2.20. The quantitative estimate of drug-likeness (QED) is 0.740. The van der Waals surface area contributed by atoms with E-state index in [0.29, 0.717) is 0 Å². The number of nitrogens with zero attached hydrogens (tertiary/aromatic N) is 3. The van der Waals surface area contributed by atoms with Crippen molar-refractivity contribution in [3.63, 3.8) is 0 Å². The molecule has 1 aromatic rings. The van der Waals surface area contributed by atoms with Gasteiger partial charge in [-0.25, -0.2) is 0 Å². The predicted molar refractivity (Wildman–Crippen MR) is 115 cm³/mol. The van der Waals surface area contributed by atoms with Crippen LogP contribution in [0.2, 0.25) is 0 Å². The maximum absolute atomic E-state index is 12.5. The van der Waals surface area contributed by atoms with Crippen LogP contribution < -0.4 is 15.5 Å². The van der Waals surface area contributed by atoms with Gasteiger partial charge in [-0.05, 0) is 56.5 Å². The van der Waals surface area contributed by atoms with Crippen LogP contribution in [-0.4, -0.2) is 73.5 Å². The van der Waals surface area contributed by atoms with Crippen LogP contribution in [0.15, 0.2) is 36.5 Å². The van der Waals surface area contributed by atoms with Gasteiger partial charge in [0, 0.05) is 62.9 Å².